The van der Waals surface area contributed by atoms with E-state index in [0.717, 1.165) is 42.4 Å². The van der Waals surface area contributed by atoms with Gasteiger partial charge in [-0.15, -0.1) is 0 Å². The van der Waals surface area contributed by atoms with E-state index in [0.29, 0.717) is 37.6 Å². The second-order valence-electron chi connectivity index (χ2n) is 9.13. The minimum atomic E-state index is 0.295. The average molecular weight is 385 g/mol. The highest BCUT2D eigenvalue weighted by Gasteiger charge is 2.39. The summed E-state index contributed by atoms with van der Waals surface area (Å²) in [7, 11) is 0. The molecule has 1 amide bonds. The molecular formula is C23H32N2O3. The van der Waals surface area contributed by atoms with E-state index in [2.05, 4.69) is 15.9 Å². The van der Waals surface area contributed by atoms with Crippen LogP contribution in [0.25, 0.3) is 0 Å². The van der Waals surface area contributed by atoms with Crippen molar-refractivity contribution < 1.29 is 14.3 Å². The normalized spacial score (nSPS) is 28.4. The molecule has 1 aromatic carbocycles. The topological polar surface area (TPSA) is 42.0 Å². The number of amides is 1. The van der Waals surface area contributed by atoms with Gasteiger partial charge >= 0.3 is 0 Å². The summed E-state index contributed by atoms with van der Waals surface area (Å²) in [5.41, 5.74) is 1.14. The monoisotopic (exact) mass is 384 g/mol. The SMILES string of the molecule is O=C1CC[C@@H]2CN(CC3CCCCC3)CC[C@@H]2N1Cc1ccc2c(c1)OCO2. The molecule has 3 heterocycles. The fraction of sp³-hybridized carbons (Fsp3) is 0.696. The summed E-state index contributed by atoms with van der Waals surface area (Å²) in [5, 5.41) is 0. The summed E-state index contributed by atoms with van der Waals surface area (Å²) in [6, 6.07) is 6.48. The quantitative estimate of drug-likeness (QED) is 0.792. The van der Waals surface area contributed by atoms with E-state index in [1.54, 1.807) is 0 Å². The smallest absolute Gasteiger partial charge is 0.231 e. The Hall–Kier alpha value is -1.75. The third kappa shape index (κ3) is 3.73. The molecule has 5 heteroatoms. The molecule has 152 valence electrons. The summed E-state index contributed by atoms with van der Waals surface area (Å²) >= 11 is 0. The second-order valence-corrected chi connectivity index (χ2v) is 9.13. The van der Waals surface area contributed by atoms with Gasteiger partial charge in [-0.2, -0.15) is 0 Å². The van der Waals surface area contributed by atoms with E-state index in [4.69, 9.17) is 9.47 Å². The maximum atomic E-state index is 12.7. The lowest BCUT2D eigenvalue weighted by Crippen LogP contribution is -2.56. The van der Waals surface area contributed by atoms with Crippen molar-refractivity contribution in [3.05, 3.63) is 23.8 Å². The van der Waals surface area contributed by atoms with Crippen LogP contribution in [0.15, 0.2) is 18.2 Å². The number of hydrogen-bond acceptors (Lipinski definition) is 4. The molecule has 5 rings (SSSR count). The molecular weight excluding hydrogens is 352 g/mol. The van der Waals surface area contributed by atoms with Gasteiger partial charge in [-0.3, -0.25) is 4.79 Å². The molecule has 0 aromatic heterocycles. The predicted molar refractivity (Wildman–Crippen MR) is 107 cm³/mol. The van der Waals surface area contributed by atoms with Crippen molar-refractivity contribution in [2.75, 3.05) is 26.4 Å². The zero-order valence-electron chi connectivity index (χ0n) is 16.8. The van der Waals surface area contributed by atoms with Crippen LogP contribution in [0.4, 0.5) is 0 Å². The third-order valence-electron chi connectivity index (χ3n) is 7.26. The highest BCUT2D eigenvalue weighted by atomic mass is 16.7. The molecule has 3 fully saturated rings. The lowest BCUT2D eigenvalue weighted by molar-refractivity contribution is -0.142. The predicted octanol–water partition coefficient (Wildman–Crippen LogP) is 3.81. The van der Waals surface area contributed by atoms with Gasteiger partial charge in [0.25, 0.3) is 0 Å². The molecule has 0 unspecified atom stereocenters. The molecule has 2 saturated heterocycles. The maximum Gasteiger partial charge on any atom is 0.231 e. The van der Waals surface area contributed by atoms with E-state index in [1.165, 1.54) is 45.2 Å². The van der Waals surface area contributed by atoms with Gasteiger partial charge in [0.05, 0.1) is 0 Å². The van der Waals surface area contributed by atoms with Crippen LogP contribution < -0.4 is 9.47 Å². The van der Waals surface area contributed by atoms with Gasteiger partial charge in [0.1, 0.15) is 0 Å². The van der Waals surface area contributed by atoms with Gasteiger partial charge in [-0.25, -0.2) is 0 Å². The highest BCUT2D eigenvalue weighted by Crippen LogP contribution is 2.36. The fourth-order valence-corrected chi connectivity index (χ4v) is 5.77. The summed E-state index contributed by atoms with van der Waals surface area (Å²) in [6.07, 6.45) is 9.97. The van der Waals surface area contributed by atoms with E-state index in [9.17, 15) is 4.79 Å². The first kappa shape index (κ1) is 18.3. The fourth-order valence-electron chi connectivity index (χ4n) is 5.77. The number of fused-ring (bicyclic) bond motifs is 2. The molecule has 0 spiro atoms. The number of likely N-dealkylation sites (tertiary alicyclic amines) is 2. The molecule has 3 aliphatic heterocycles. The number of hydrogen-bond donors (Lipinski definition) is 0. The van der Waals surface area contributed by atoms with Crippen molar-refractivity contribution in [3.63, 3.8) is 0 Å². The lowest BCUT2D eigenvalue weighted by Gasteiger charge is -2.48. The zero-order chi connectivity index (χ0) is 18.9. The first-order valence-electron chi connectivity index (χ1n) is 11.2. The minimum absolute atomic E-state index is 0.295. The van der Waals surface area contributed by atoms with Crippen molar-refractivity contribution in [1.29, 1.82) is 0 Å². The molecule has 28 heavy (non-hydrogen) atoms. The summed E-state index contributed by atoms with van der Waals surface area (Å²) in [4.78, 5) is 17.6. The van der Waals surface area contributed by atoms with Gasteiger partial charge in [-0.05, 0) is 55.2 Å². The van der Waals surface area contributed by atoms with Crippen molar-refractivity contribution in [2.24, 2.45) is 11.8 Å². The van der Waals surface area contributed by atoms with Crippen molar-refractivity contribution in [2.45, 2.75) is 64.0 Å². The molecule has 2 atom stereocenters. The van der Waals surface area contributed by atoms with Crippen molar-refractivity contribution in [1.82, 2.24) is 9.80 Å². The maximum absolute atomic E-state index is 12.7. The second kappa shape index (κ2) is 7.94. The Kier molecular flexibility index (Phi) is 5.19. The van der Waals surface area contributed by atoms with Gasteiger partial charge < -0.3 is 19.3 Å². The van der Waals surface area contributed by atoms with Crippen molar-refractivity contribution in [3.8, 4) is 11.5 Å². The first-order valence-corrected chi connectivity index (χ1v) is 11.2. The van der Waals surface area contributed by atoms with Crippen LogP contribution >= 0.6 is 0 Å². The Labute approximate surface area is 168 Å². The Bertz CT molecular complexity index is 716. The van der Waals surface area contributed by atoms with Crippen LogP contribution in [0.1, 0.15) is 56.9 Å². The van der Waals surface area contributed by atoms with Crippen molar-refractivity contribution >= 4 is 5.91 Å². The molecule has 0 N–H and O–H groups in total. The summed E-state index contributed by atoms with van der Waals surface area (Å²) in [6.45, 7) is 4.58. The largest absolute Gasteiger partial charge is 0.454 e. The summed E-state index contributed by atoms with van der Waals surface area (Å²) < 4.78 is 10.9. The number of carbonyl (C=O) groups is 1. The van der Waals surface area contributed by atoms with Gasteiger partial charge in [0.15, 0.2) is 11.5 Å². The van der Waals surface area contributed by atoms with Crippen LogP contribution in [0.2, 0.25) is 0 Å². The van der Waals surface area contributed by atoms with Crippen LogP contribution in [0.5, 0.6) is 11.5 Å². The van der Waals surface area contributed by atoms with Crippen LogP contribution in [-0.4, -0.2) is 48.2 Å². The number of nitrogens with zero attached hydrogens (tertiary/aromatic N) is 2. The number of ether oxygens (including phenoxy) is 2. The molecule has 4 aliphatic rings. The molecule has 1 aromatic rings. The van der Waals surface area contributed by atoms with E-state index < -0.39 is 0 Å². The molecule has 5 nitrogen and oxygen atoms in total. The highest BCUT2D eigenvalue weighted by molar-refractivity contribution is 5.77. The molecule has 1 saturated carbocycles. The van der Waals surface area contributed by atoms with Gasteiger partial charge in [0.2, 0.25) is 12.7 Å². The molecule has 0 bridgehead atoms. The number of rotatable bonds is 4. The molecule has 1 aliphatic carbocycles. The van der Waals surface area contributed by atoms with Crippen LogP contribution in [0, 0.1) is 11.8 Å². The Morgan fingerprint density at radius 2 is 1.86 bits per heavy atom. The number of piperidine rings is 2. The zero-order valence-corrected chi connectivity index (χ0v) is 16.8. The van der Waals surface area contributed by atoms with Gasteiger partial charge in [0, 0.05) is 38.6 Å². The average Bonchev–Trinajstić information content (AvgIpc) is 3.19. The van der Waals surface area contributed by atoms with E-state index in [-0.39, 0.29) is 0 Å². The standard InChI is InChI=1S/C23H32N2O3/c26-23-9-7-19-15-24(13-17-4-2-1-3-5-17)11-10-20(19)25(23)14-18-6-8-21-22(12-18)28-16-27-21/h6,8,12,17,19-20H,1-5,7,9-11,13-16H2/t19-,20+/m1/s1. The number of benzene rings is 1. The minimum Gasteiger partial charge on any atom is -0.454 e. The van der Waals surface area contributed by atoms with Gasteiger partial charge in [-0.1, -0.05) is 25.3 Å². The Morgan fingerprint density at radius 1 is 1.00 bits per heavy atom. The van der Waals surface area contributed by atoms with Crippen LogP contribution in [-0.2, 0) is 11.3 Å². The summed E-state index contributed by atoms with van der Waals surface area (Å²) in [5.74, 6) is 3.47. The Balaban J connectivity index is 1.23. The van der Waals surface area contributed by atoms with Crippen LogP contribution in [0.3, 0.4) is 0 Å². The molecule has 0 radical (unpaired) electrons. The lowest BCUT2D eigenvalue weighted by atomic mass is 9.82. The third-order valence-corrected chi connectivity index (χ3v) is 7.26. The van der Waals surface area contributed by atoms with E-state index in [1.807, 2.05) is 12.1 Å². The number of carbonyl (C=O) groups excluding carboxylic acids is 1. The first-order chi connectivity index (χ1) is 13.8. The Morgan fingerprint density at radius 3 is 2.75 bits per heavy atom. The van der Waals surface area contributed by atoms with E-state index >= 15 is 0 Å².